The van der Waals surface area contributed by atoms with Gasteiger partial charge in [-0.25, -0.2) is 4.98 Å². The summed E-state index contributed by atoms with van der Waals surface area (Å²) >= 11 is 1.59. The fraction of sp³-hybridized carbons (Fsp3) is 0.643. The average molecular weight is 295 g/mol. The van der Waals surface area contributed by atoms with Crippen LogP contribution in [0.15, 0.2) is 11.6 Å². The molecule has 0 spiro atoms. The molecule has 3 atom stereocenters. The monoisotopic (exact) mass is 295 g/mol. The molecular weight excluding hydrogens is 274 g/mol. The average Bonchev–Trinajstić information content (AvgIpc) is 2.96. The van der Waals surface area contributed by atoms with Gasteiger partial charge in [-0.1, -0.05) is 20.8 Å². The molecule has 5 nitrogen and oxygen atoms in total. The van der Waals surface area contributed by atoms with E-state index >= 15 is 0 Å². The smallest absolute Gasteiger partial charge is 0.245 e. The van der Waals surface area contributed by atoms with Crippen LogP contribution in [0.3, 0.4) is 0 Å². The van der Waals surface area contributed by atoms with Crippen LogP contribution < -0.4 is 5.32 Å². The predicted molar refractivity (Wildman–Crippen MR) is 78.5 cm³/mol. The number of rotatable bonds is 5. The summed E-state index contributed by atoms with van der Waals surface area (Å²) in [5.41, 5.74) is 0. The third kappa shape index (κ3) is 2.85. The highest BCUT2D eigenvalue weighted by Crippen LogP contribution is 2.23. The van der Waals surface area contributed by atoms with Gasteiger partial charge in [-0.2, -0.15) is 0 Å². The van der Waals surface area contributed by atoms with E-state index in [1.165, 1.54) is 0 Å². The molecule has 1 fully saturated rings. The van der Waals surface area contributed by atoms with E-state index in [1.807, 2.05) is 26.2 Å². The molecule has 0 bridgehead atoms. The summed E-state index contributed by atoms with van der Waals surface area (Å²) in [6, 6.07) is -0.735. The lowest BCUT2D eigenvalue weighted by atomic mass is 10.0. The SMILES string of the molecule is CCC1NC(=O)C(CC)N(CC(C)c2nccs2)C1=O. The Morgan fingerprint density at radius 1 is 1.40 bits per heavy atom. The van der Waals surface area contributed by atoms with Crippen molar-refractivity contribution < 1.29 is 9.59 Å². The largest absolute Gasteiger partial charge is 0.343 e. The van der Waals surface area contributed by atoms with Crippen LogP contribution in [-0.2, 0) is 9.59 Å². The number of hydrogen-bond donors (Lipinski definition) is 1. The molecule has 2 amide bonds. The van der Waals surface area contributed by atoms with Crippen LogP contribution in [0, 0.1) is 0 Å². The Labute approximate surface area is 123 Å². The minimum Gasteiger partial charge on any atom is -0.343 e. The lowest BCUT2D eigenvalue weighted by Crippen LogP contribution is -2.63. The van der Waals surface area contributed by atoms with Crippen molar-refractivity contribution in [2.75, 3.05) is 6.54 Å². The van der Waals surface area contributed by atoms with Crippen molar-refractivity contribution in [3.63, 3.8) is 0 Å². The van der Waals surface area contributed by atoms with Crippen molar-refractivity contribution >= 4 is 23.2 Å². The summed E-state index contributed by atoms with van der Waals surface area (Å²) in [6.45, 7) is 6.45. The standard InChI is InChI=1S/C14H21N3O2S/c1-4-10-14(19)17(11(5-2)12(18)16-10)8-9(3)13-15-6-7-20-13/h6-7,9-11H,4-5,8H2,1-3H3,(H,16,18). The highest BCUT2D eigenvalue weighted by Gasteiger charge is 2.39. The first kappa shape index (κ1) is 15.0. The third-order valence-electron chi connectivity index (χ3n) is 3.72. The quantitative estimate of drug-likeness (QED) is 0.900. The van der Waals surface area contributed by atoms with Crippen LogP contribution in [0.2, 0.25) is 0 Å². The lowest BCUT2D eigenvalue weighted by Gasteiger charge is -2.39. The van der Waals surface area contributed by atoms with E-state index in [9.17, 15) is 9.59 Å². The van der Waals surface area contributed by atoms with Gasteiger partial charge in [-0.05, 0) is 12.8 Å². The van der Waals surface area contributed by atoms with Crippen LogP contribution in [0.1, 0.15) is 44.5 Å². The number of hydrogen-bond acceptors (Lipinski definition) is 4. The summed E-state index contributed by atoms with van der Waals surface area (Å²) in [5.74, 6) is 0.143. The number of nitrogens with zero attached hydrogens (tertiary/aromatic N) is 2. The molecule has 1 aromatic rings. The zero-order chi connectivity index (χ0) is 14.7. The van der Waals surface area contributed by atoms with Crippen molar-refractivity contribution in [2.24, 2.45) is 0 Å². The second kappa shape index (κ2) is 6.35. The molecule has 2 rings (SSSR count). The summed E-state index contributed by atoms with van der Waals surface area (Å²) < 4.78 is 0. The zero-order valence-corrected chi connectivity index (χ0v) is 12.9. The van der Waals surface area contributed by atoms with E-state index in [1.54, 1.807) is 22.4 Å². The van der Waals surface area contributed by atoms with Gasteiger partial charge < -0.3 is 10.2 Å². The lowest BCUT2D eigenvalue weighted by molar-refractivity contribution is -0.149. The van der Waals surface area contributed by atoms with Crippen molar-refractivity contribution in [2.45, 2.75) is 51.6 Å². The maximum Gasteiger partial charge on any atom is 0.245 e. The molecule has 110 valence electrons. The maximum absolute atomic E-state index is 12.5. The summed E-state index contributed by atoms with van der Waals surface area (Å²) in [6.07, 6.45) is 3.04. The van der Waals surface area contributed by atoms with Gasteiger partial charge in [0.1, 0.15) is 12.1 Å². The fourth-order valence-corrected chi connectivity index (χ4v) is 3.27. The van der Waals surface area contributed by atoms with Gasteiger partial charge in [0.15, 0.2) is 0 Å². The Morgan fingerprint density at radius 2 is 2.15 bits per heavy atom. The molecule has 1 aromatic heterocycles. The molecule has 0 radical (unpaired) electrons. The van der Waals surface area contributed by atoms with E-state index in [4.69, 9.17) is 0 Å². The minimum atomic E-state index is -0.381. The number of amides is 2. The molecular formula is C14H21N3O2S. The molecule has 2 heterocycles. The van der Waals surface area contributed by atoms with Gasteiger partial charge in [0.25, 0.3) is 0 Å². The van der Waals surface area contributed by atoms with Crippen LogP contribution in [0.5, 0.6) is 0 Å². The first-order valence-electron chi connectivity index (χ1n) is 7.08. The van der Waals surface area contributed by atoms with Gasteiger partial charge in [-0.3, -0.25) is 9.59 Å². The fourth-order valence-electron chi connectivity index (χ4n) is 2.58. The van der Waals surface area contributed by atoms with Crippen LogP contribution in [0.4, 0.5) is 0 Å². The Morgan fingerprint density at radius 3 is 2.70 bits per heavy atom. The number of aromatic nitrogens is 1. The number of carbonyl (C=O) groups excluding carboxylic acids is 2. The van der Waals surface area contributed by atoms with E-state index in [2.05, 4.69) is 10.3 Å². The highest BCUT2D eigenvalue weighted by atomic mass is 32.1. The second-order valence-corrected chi connectivity index (χ2v) is 6.08. The Bertz CT molecular complexity index is 475. The zero-order valence-electron chi connectivity index (χ0n) is 12.1. The van der Waals surface area contributed by atoms with E-state index < -0.39 is 0 Å². The Balaban J connectivity index is 2.16. The summed E-state index contributed by atoms with van der Waals surface area (Å²) in [7, 11) is 0. The van der Waals surface area contributed by atoms with Crippen molar-refractivity contribution in [3.8, 4) is 0 Å². The number of thiazole rings is 1. The van der Waals surface area contributed by atoms with Gasteiger partial charge in [0.05, 0.1) is 5.01 Å². The second-order valence-electron chi connectivity index (χ2n) is 5.16. The molecule has 1 aliphatic heterocycles. The van der Waals surface area contributed by atoms with E-state index in [0.29, 0.717) is 19.4 Å². The van der Waals surface area contributed by atoms with Crippen LogP contribution in [0.25, 0.3) is 0 Å². The van der Waals surface area contributed by atoms with Gasteiger partial charge >= 0.3 is 0 Å². The predicted octanol–water partition coefficient (Wildman–Crippen LogP) is 1.76. The Hall–Kier alpha value is -1.43. The first-order valence-corrected chi connectivity index (χ1v) is 7.96. The number of nitrogens with one attached hydrogen (secondary N) is 1. The highest BCUT2D eigenvalue weighted by molar-refractivity contribution is 7.09. The number of carbonyl (C=O) groups is 2. The van der Waals surface area contributed by atoms with Crippen LogP contribution >= 0.6 is 11.3 Å². The Kier molecular flexibility index (Phi) is 4.75. The van der Waals surface area contributed by atoms with E-state index in [0.717, 1.165) is 5.01 Å². The van der Waals surface area contributed by atoms with Crippen molar-refractivity contribution in [3.05, 3.63) is 16.6 Å². The molecule has 1 N–H and O–H groups in total. The number of piperazine rings is 1. The molecule has 0 aliphatic carbocycles. The molecule has 0 aromatic carbocycles. The van der Waals surface area contributed by atoms with Gasteiger partial charge in [0.2, 0.25) is 11.8 Å². The molecule has 20 heavy (non-hydrogen) atoms. The topological polar surface area (TPSA) is 62.3 Å². The molecule has 0 saturated carbocycles. The van der Waals surface area contributed by atoms with Gasteiger partial charge in [-0.15, -0.1) is 11.3 Å². The first-order chi connectivity index (χ1) is 9.58. The van der Waals surface area contributed by atoms with Crippen LogP contribution in [-0.4, -0.2) is 40.3 Å². The van der Waals surface area contributed by atoms with Crippen molar-refractivity contribution in [1.82, 2.24) is 15.2 Å². The van der Waals surface area contributed by atoms with E-state index in [-0.39, 0.29) is 29.8 Å². The normalized spacial score (nSPS) is 24.6. The molecule has 1 saturated heterocycles. The molecule has 3 unspecified atom stereocenters. The maximum atomic E-state index is 12.5. The van der Waals surface area contributed by atoms with Gasteiger partial charge in [0, 0.05) is 24.0 Å². The minimum absolute atomic E-state index is 0.0300. The molecule has 6 heteroatoms. The third-order valence-corrected chi connectivity index (χ3v) is 4.72. The van der Waals surface area contributed by atoms with Crippen molar-refractivity contribution in [1.29, 1.82) is 0 Å². The summed E-state index contributed by atoms with van der Waals surface area (Å²) in [5, 5.41) is 5.75. The molecule has 1 aliphatic rings. The summed E-state index contributed by atoms with van der Waals surface area (Å²) in [4.78, 5) is 30.6.